The van der Waals surface area contributed by atoms with Crippen molar-refractivity contribution in [2.75, 3.05) is 11.9 Å². The molecule has 0 saturated carbocycles. The standard InChI is InChI=1S/C20H18F2N4O/c21-16-7-5-14(6-8-16)9-10-23-20(27)18-11-19(26-13-25-18)24-12-15-3-1-2-4-17(15)22/h1-8,11,13H,9-10,12H2,(H,23,27)(H,24,25,26). The van der Waals surface area contributed by atoms with Gasteiger partial charge in [0.1, 0.15) is 29.5 Å². The van der Waals surface area contributed by atoms with Crippen LogP contribution in [0.4, 0.5) is 14.6 Å². The molecule has 2 N–H and O–H groups in total. The number of carbonyl (C=O) groups excluding carboxylic acids is 1. The van der Waals surface area contributed by atoms with Crippen LogP contribution in [0.1, 0.15) is 21.6 Å². The molecule has 138 valence electrons. The SMILES string of the molecule is O=C(NCCc1ccc(F)cc1)c1cc(NCc2ccccc2F)ncn1. The van der Waals surface area contributed by atoms with Gasteiger partial charge in [-0.25, -0.2) is 18.7 Å². The van der Waals surface area contributed by atoms with E-state index >= 15 is 0 Å². The molecule has 0 spiro atoms. The molecule has 0 aliphatic carbocycles. The molecular weight excluding hydrogens is 350 g/mol. The lowest BCUT2D eigenvalue weighted by Crippen LogP contribution is -2.26. The second kappa shape index (κ2) is 8.84. The van der Waals surface area contributed by atoms with Crippen molar-refractivity contribution < 1.29 is 13.6 Å². The van der Waals surface area contributed by atoms with Gasteiger partial charge in [0.2, 0.25) is 0 Å². The molecule has 3 rings (SSSR count). The summed E-state index contributed by atoms with van der Waals surface area (Å²) in [6, 6.07) is 14.1. The van der Waals surface area contributed by atoms with Crippen molar-refractivity contribution in [3.05, 3.63) is 89.4 Å². The summed E-state index contributed by atoms with van der Waals surface area (Å²) in [5, 5.41) is 5.74. The second-order valence-electron chi connectivity index (χ2n) is 5.87. The van der Waals surface area contributed by atoms with Crippen molar-refractivity contribution in [2.24, 2.45) is 0 Å². The van der Waals surface area contributed by atoms with Crippen LogP contribution in [0, 0.1) is 11.6 Å². The maximum absolute atomic E-state index is 13.6. The van der Waals surface area contributed by atoms with E-state index < -0.39 is 0 Å². The molecule has 0 aliphatic rings. The number of hydrogen-bond acceptors (Lipinski definition) is 4. The van der Waals surface area contributed by atoms with E-state index in [1.54, 1.807) is 30.3 Å². The topological polar surface area (TPSA) is 66.9 Å². The number of nitrogens with one attached hydrogen (secondary N) is 2. The lowest BCUT2D eigenvalue weighted by atomic mass is 10.1. The third-order valence-electron chi connectivity index (χ3n) is 3.93. The van der Waals surface area contributed by atoms with Crippen LogP contribution in [0.25, 0.3) is 0 Å². The smallest absolute Gasteiger partial charge is 0.270 e. The van der Waals surface area contributed by atoms with E-state index in [-0.39, 0.29) is 29.8 Å². The number of halogens is 2. The van der Waals surface area contributed by atoms with Crippen LogP contribution in [-0.4, -0.2) is 22.4 Å². The molecule has 0 saturated heterocycles. The first-order valence-electron chi connectivity index (χ1n) is 8.44. The Labute approximate surface area is 155 Å². The van der Waals surface area contributed by atoms with Gasteiger partial charge in [0.05, 0.1) is 0 Å². The van der Waals surface area contributed by atoms with Crippen molar-refractivity contribution in [2.45, 2.75) is 13.0 Å². The average Bonchev–Trinajstić information content (AvgIpc) is 2.69. The van der Waals surface area contributed by atoms with E-state index in [2.05, 4.69) is 20.6 Å². The summed E-state index contributed by atoms with van der Waals surface area (Å²) in [6.07, 6.45) is 1.86. The van der Waals surface area contributed by atoms with E-state index in [0.29, 0.717) is 24.3 Å². The second-order valence-corrected chi connectivity index (χ2v) is 5.87. The van der Waals surface area contributed by atoms with Gasteiger partial charge in [-0.05, 0) is 30.2 Å². The zero-order valence-corrected chi connectivity index (χ0v) is 14.5. The van der Waals surface area contributed by atoms with Gasteiger partial charge >= 0.3 is 0 Å². The van der Waals surface area contributed by atoms with Gasteiger partial charge in [0, 0.05) is 24.7 Å². The highest BCUT2D eigenvalue weighted by Crippen LogP contribution is 2.10. The largest absolute Gasteiger partial charge is 0.366 e. The summed E-state index contributed by atoms with van der Waals surface area (Å²) in [5.41, 5.74) is 1.63. The molecule has 1 heterocycles. The number of carbonyl (C=O) groups is 1. The fourth-order valence-corrected chi connectivity index (χ4v) is 2.47. The van der Waals surface area contributed by atoms with Crippen molar-refractivity contribution in [3.63, 3.8) is 0 Å². The first-order chi connectivity index (χ1) is 13.1. The Balaban J connectivity index is 1.53. The van der Waals surface area contributed by atoms with E-state index in [0.717, 1.165) is 5.56 Å². The minimum atomic E-state index is -0.339. The van der Waals surface area contributed by atoms with Gasteiger partial charge in [-0.1, -0.05) is 30.3 Å². The zero-order chi connectivity index (χ0) is 19.1. The molecule has 0 atom stereocenters. The van der Waals surface area contributed by atoms with Crippen molar-refractivity contribution in [3.8, 4) is 0 Å². The lowest BCUT2D eigenvalue weighted by Gasteiger charge is -2.08. The van der Waals surface area contributed by atoms with Gasteiger partial charge in [-0.2, -0.15) is 0 Å². The fraction of sp³-hybridized carbons (Fsp3) is 0.150. The predicted octanol–water partition coefficient (Wildman–Crippen LogP) is 3.34. The fourth-order valence-electron chi connectivity index (χ4n) is 2.47. The van der Waals surface area contributed by atoms with Gasteiger partial charge in [-0.15, -0.1) is 0 Å². The highest BCUT2D eigenvalue weighted by molar-refractivity contribution is 5.92. The highest BCUT2D eigenvalue weighted by Gasteiger charge is 2.09. The molecule has 7 heteroatoms. The Morgan fingerprint density at radius 3 is 2.56 bits per heavy atom. The molecule has 0 unspecified atom stereocenters. The lowest BCUT2D eigenvalue weighted by molar-refractivity contribution is 0.0949. The number of aromatic nitrogens is 2. The summed E-state index contributed by atoms with van der Waals surface area (Å²) in [4.78, 5) is 20.2. The molecule has 2 aromatic carbocycles. The normalized spacial score (nSPS) is 10.4. The number of anilines is 1. The van der Waals surface area contributed by atoms with Crippen LogP contribution >= 0.6 is 0 Å². The molecule has 0 fully saturated rings. The summed E-state index contributed by atoms with van der Waals surface area (Å²) in [5.74, 6) is -0.512. The number of hydrogen-bond donors (Lipinski definition) is 2. The molecule has 0 radical (unpaired) electrons. The third kappa shape index (κ3) is 5.31. The van der Waals surface area contributed by atoms with Crippen LogP contribution < -0.4 is 10.6 Å². The first kappa shape index (κ1) is 18.4. The van der Waals surface area contributed by atoms with E-state index in [9.17, 15) is 13.6 Å². The van der Waals surface area contributed by atoms with Crippen LogP contribution in [-0.2, 0) is 13.0 Å². The minimum Gasteiger partial charge on any atom is -0.366 e. The van der Waals surface area contributed by atoms with Gasteiger partial charge in [0.15, 0.2) is 0 Å². The van der Waals surface area contributed by atoms with Crippen LogP contribution in [0.5, 0.6) is 0 Å². The Morgan fingerprint density at radius 1 is 1.00 bits per heavy atom. The molecule has 1 aromatic heterocycles. The Morgan fingerprint density at radius 2 is 1.78 bits per heavy atom. The molecule has 1 amide bonds. The maximum atomic E-state index is 13.6. The van der Waals surface area contributed by atoms with Crippen LogP contribution in [0.2, 0.25) is 0 Å². The highest BCUT2D eigenvalue weighted by atomic mass is 19.1. The number of benzene rings is 2. The molecule has 5 nitrogen and oxygen atoms in total. The van der Waals surface area contributed by atoms with Crippen molar-refractivity contribution in [1.29, 1.82) is 0 Å². The predicted molar refractivity (Wildman–Crippen MR) is 98.2 cm³/mol. The number of amides is 1. The summed E-state index contributed by atoms with van der Waals surface area (Å²) < 4.78 is 26.5. The zero-order valence-electron chi connectivity index (χ0n) is 14.5. The minimum absolute atomic E-state index is 0.208. The monoisotopic (exact) mass is 368 g/mol. The first-order valence-corrected chi connectivity index (χ1v) is 8.44. The molecule has 0 aliphatic heterocycles. The maximum Gasteiger partial charge on any atom is 0.270 e. The third-order valence-corrected chi connectivity index (χ3v) is 3.93. The van der Waals surface area contributed by atoms with Gasteiger partial charge < -0.3 is 10.6 Å². The van der Waals surface area contributed by atoms with Crippen LogP contribution in [0.3, 0.4) is 0 Å². The van der Waals surface area contributed by atoms with Crippen LogP contribution in [0.15, 0.2) is 60.9 Å². The van der Waals surface area contributed by atoms with Crippen molar-refractivity contribution in [1.82, 2.24) is 15.3 Å². The molecular formula is C20H18F2N4O. The summed E-state index contributed by atoms with van der Waals surface area (Å²) >= 11 is 0. The Bertz CT molecular complexity index is 916. The van der Waals surface area contributed by atoms with E-state index in [1.807, 2.05) is 0 Å². The summed E-state index contributed by atoms with van der Waals surface area (Å²) in [7, 11) is 0. The van der Waals surface area contributed by atoms with E-state index in [1.165, 1.54) is 30.6 Å². The van der Waals surface area contributed by atoms with Gasteiger partial charge in [0.25, 0.3) is 5.91 Å². The van der Waals surface area contributed by atoms with Gasteiger partial charge in [-0.3, -0.25) is 4.79 Å². The number of nitrogens with zero attached hydrogens (tertiary/aromatic N) is 2. The van der Waals surface area contributed by atoms with Crippen molar-refractivity contribution >= 4 is 11.7 Å². The molecule has 0 bridgehead atoms. The summed E-state index contributed by atoms with van der Waals surface area (Å²) in [6.45, 7) is 0.641. The van der Waals surface area contributed by atoms with E-state index in [4.69, 9.17) is 0 Å². The molecule has 3 aromatic rings. The quantitative estimate of drug-likeness (QED) is 0.671. The Hall–Kier alpha value is -3.35. The Kier molecular flexibility index (Phi) is 6.04. The average molecular weight is 368 g/mol. The number of rotatable bonds is 7. The molecule has 27 heavy (non-hydrogen) atoms.